The molecule has 9 rings (SSSR count). The zero-order valence-corrected chi connectivity index (χ0v) is 44.2. The second-order valence-electron chi connectivity index (χ2n) is 25.3. The van der Waals surface area contributed by atoms with E-state index in [0.29, 0.717) is 25.7 Å². The molecule has 0 aromatic carbocycles. The molecule has 0 aromatic rings. The minimum atomic E-state index is -1.82. The molecule has 29 atom stereocenters. The summed E-state index contributed by atoms with van der Waals surface area (Å²) in [5.74, 6) is -0.00547. The first-order chi connectivity index (χ1) is 35.2. The second-order valence-corrected chi connectivity index (χ2v) is 25.3. The van der Waals surface area contributed by atoms with E-state index >= 15 is 4.79 Å². The molecule has 13 N–H and O–H groups in total. The first-order valence-corrected chi connectivity index (χ1v) is 27.3. The van der Waals surface area contributed by atoms with Gasteiger partial charge >= 0.3 is 5.97 Å². The number of hydrogen-bond donors (Lipinski definition) is 13. The number of hydrogen-bond acceptors (Lipinski definition) is 22. The maximum Gasteiger partial charge on any atom is 0.315 e. The molecule has 0 bridgehead atoms. The predicted octanol–water partition coefficient (Wildman–Crippen LogP) is -1.54. The lowest BCUT2D eigenvalue weighted by Gasteiger charge is -2.71. The number of aliphatic hydroxyl groups excluding tert-OH is 13. The van der Waals surface area contributed by atoms with E-state index in [1.54, 1.807) is 0 Å². The van der Waals surface area contributed by atoms with E-state index in [0.717, 1.165) is 32.1 Å². The number of rotatable bonds is 11. The van der Waals surface area contributed by atoms with Gasteiger partial charge in [-0.3, -0.25) is 4.79 Å². The lowest BCUT2D eigenvalue weighted by Crippen LogP contribution is -2.66. The highest BCUT2D eigenvalue weighted by Gasteiger charge is 2.70. The number of allylic oxidation sites excluding steroid dienone is 2. The Balaban J connectivity index is 0.905. The number of esters is 1. The third-order valence-corrected chi connectivity index (χ3v) is 21.4. The third kappa shape index (κ3) is 9.40. The highest BCUT2D eigenvalue weighted by molar-refractivity contribution is 5.79. The Morgan fingerprint density at radius 1 is 0.613 bits per heavy atom. The molecule has 5 aliphatic carbocycles. The van der Waals surface area contributed by atoms with Gasteiger partial charge in [-0.15, -0.1) is 0 Å². The lowest BCUT2D eigenvalue weighted by molar-refractivity contribution is -0.357. The van der Waals surface area contributed by atoms with E-state index in [1.165, 1.54) is 5.57 Å². The molecule has 4 heterocycles. The molecule has 29 unspecified atom stereocenters. The summed E-state index contributed by atoms with van der Waals surface area (Å²) in [6.45, 7) is 13.9. The molecule has 0 aromatic heterocycles. The van der Waals surface area contributed by atoms with E-state index in [4.69, 9.17) is 37.9 Å². The van der Waals surface area contributed by atoms with E-state index < -0.39 is 153 Å². The van der Waals surface area contributed by atoms with Crippen LogP contribution >= 0.6 is 0 Å². The van der Waals surface area contributed by atoms with E-state index in [9.17, 15) is 66.4 Å². The van der Waals surface area contributed by atoms with Crippen molar-refractivity contribution in [2.24, 2.45) is 56.7 Å². The average Bonchev–Trinajstić information content (AvgIpc) is 3.43. The van der Waals surface area contributed by atoms with Crippen LogP contribution in [0, 0.1) is 56.7 Å². The minimum absolute atomic E-state index is 0.0701. The van der Waals surface area contributed by atoms with Crippen LogP contribution in [0.4, 0.5) is 0 Å². The number of fused-ring (bicyclic) bond motifs is 7. The number of ether oxygens (including phenoxy) is 8. The Kier molecular flexibility index (Phi) is 16.6. The standard InChI is InChI=1S/C53H86O22/c1-22-10-15-53(48(67)75-47-41(65)38(62)35(59)28(72-47)21-69-44-39(63)36(60)33(57)26(18-54)70-44)17-16-51(6)24(32(53)23(22)2)8-9-30-50(5)13-12-31(49(3,4)29(50)11-14-52(30,51)7)73-45-42(66)43(25(56)20-68-45)74-46-40(64)37(61)34(58)27(19-55)71-46/h8,22-23,25-47,54-66H,9-21H2,1-7H3. The fraction of sp³-hybridized carbons (Fsp3) is 0.943. The van der Waals surface area contributed by atoms with Gasteiger partial charge < -0.3 is 104 Å². The van der Waals surface area contributed by atoms with Crippen LogP contribution in [0.15, 0.2) is 11.6 Å². The number of carbonyl (C=O) groups excluding carboxylic acids is 1. The fourth-order valence-electron chi connectivity index (χ4n) is 16.4. The van der Waals surface area contributed by atoms with Crippen molar-refractivity contribution in [1.29, 1.82) is 0 Å². The maximum atomic E-state index is 15.1. The van der Waals surface area contributed by atoms with Crippen molar-refractivity contribution in [3.8, 4) is 0 Å². The summed E-state index contributed by atoms with van der Waals surface area (Å²) in [5, 5.41) is 137. The molecular weight excluding hydrogens is 989 g/mol. The monoisotopic (exact) mass is 1070 g/mol. The first kappa shape index (κ1) is 58.1. The zero-order chi connectivity index (χ0) is 54.6. The summed E-state index contributed by atoms with van der Waals surface area (Å²) in [7, 11) is 0. The van der Waals surface area contributed by atoms with Crippen LogP contribution in [0.25, 0.3) is 0 Å². The van der Waals surface area contributed by atoms with Crippen LogP contribution in [0.5, 0.6) is 0 Å². The first-order valence-electron chi connectivity index (χ1n) is 27.3. The molecule has 430 valence electrons. The quantitative estimate of drug-likeness (QED) is 0.0633. The summed E-state index contributed by atoms with van der Waals surface area (Å²) in [6.07, 6.45) is -21.2. The number of aliphatic hydroxyl groups is 13. The molecule has 4 saturated carbocycles. The molecular formula is C53H86O22. The molecule has 22 heteroatoms. The van der Waals surface area contributed by atoms with Gasteiger partial charge in [0.2, 0.25) is 6.29 Å². The van der Waals surface area contributed by atoms with Crippen LogP contribution in [-0.4, -0.2) is 222 Å². The lowest BCUT2D eigenvalue weighted by atomic mass is 9.33. The highest BCUT2D eigenvalue weighted by Crippen LogP contribution is 2.76. The van der Waals surface area contributed by atoms with Crippen molar-refractivity contribution >= 4 is 5.97 Å². The molecule has 0 amide bonds. The molecule has 8 fully saturated rings. The smallest absolute Gasteiger partial charge is 0.315 e. The van der Waals surface area contributed by atoms with Gasteiger partial charge in [0.25, 0.3) is 0 Å². The van der Waals surface area contributed by atoms with E-state index in [1.807, 2.05) is 0 Å². The topological polar surface area (TPSA) is 354 Å². The van der Waals surface area contributed by atoms with Gasteiger partial charge in [-0.1, -0.05) is 60.1 Å². The Morgan fingerprint density at radius 3 is 1.84 bits per heavy atom. The van der Waals surface area contributed by atoms with Gasteiger partial charge in [-0.2, -0.15) is 0 Å². The average molecular weight is 1080 g/mol. The summed E-state index contributed by atoms with van der Waals surface area (Å²) < 4.78 is 47.2. The summed E-state index contributed by atoms with van der Waals surface area (Å²) >= 11 is 0. The zero-order valence-electron chi connectivity index (χ0n) is 44.2. The predicted molar refractivity (Wildman–Crippen MR) is 257 cm³/mol. The highest BCUT2D eigenvalue weighted by atomic mass is 16.8. The number of carbonyl (C=O) groups is 1. The maximum absolute atomic E-state index is 15.1. The van der Waals surface area contributed by atoms with Gasteiger partial charge in [-0.05, 0) is 109 Å². The molecule has 22 nitrogen and oxygen atoms in total. The summed E-state index contributed by atoms with van der Waals surface area (Å²) in [5.41, 5.74) is -0.823. The van der Waals surface area contributed by atoms with Crippen molar-refractivity contribution < 1.29 is 109 Å². The summed E-state index contributed by atoms with van der Waals surface area (Å²) in [4.78, 5) is 15.1. The summed E-state index contributed by atoms with van der Waals surface area (Å²) in [6, 6.07) is 0. The van der Waals surface area contributed by atoms with Gasteiger partial charge in [0.15, 0.2) is 18.9 Å². The van der Waals surface area contributed by atoms with Crippen LogP contribution in [-0.2, 0) is 42.7 Å². The Bertz CT molecular complexity index is 2040. The van der Waals surface area contributed by atoms with Gasteiger partial charge in [-0.25, -0.2) is 0 Å². The van der Waals surface area contributed by atoms with Gasteiger partial charge in [0.05, 0.1) is 37.9 Å². The molecule has 4 saturated heterocycles. The van der Waals surface area contributed by atoms with Crippen LogP contribution in [0.3, 0.4) is 0 Å². The van der Waals surface area contributed by atoms with Crippen LogP contribution in [0.1, 0.15) is 106 Å². The minimum Gasteiger partial charge on any atom is -0.432 e. The fourth-order valence-corrected chi connectivity index (χ4v) is 16.4. The Morgan fingerprint density at radius 2 is 1.20 bits per heavy atom. The van der Waals surface area contributed by atoms with Crippen molar-refractivity contribution in [3.63, 3.8) is 0 Å². The SMILES string of the molecule is CC1CCC2(C(=O)OC3OC(COC4OC(CO)C(O)C(O)C4O)C(O)C(O)C3O)CCC3(C)C(=CCC4C5(C)CCC(OC6OCC(O)C(OC7OC(CO)C(O)C(O)C7O)C6O)C(C)(C)C5CCC43C)C2C1C. The van der Waals surface area contributed by atoms with E-state index in [-0.39, 0.29) is 58.5 Å². The molecule has 4 aliphatic heterocycles. The Labute approximate surface area is 437 Å². The molecule has 75 heavy (non-hydrogen) atoms. The normalized spacial score (nSPS) is 54.8. The van der Waals surface area contributed by atoms with Crippen molar-refractivity contribution in [3.05, 3.63) is 11.6 Å². The molecule has 0 radical (unpaired) electrons. The van der Waals surface area contributed by atoms with Crippen molar-refractivity contribution in [2.75, 3.05) is 26.4 Å². The van der Waals surface area contributed by atoms with Crippen molar-refractivity contribution in [2.45, 2.75) is 229 Å². The Hall–Kier alpha value is -1.59. The second kappa shape index (κ2) is 21.4. The molecule has 9 aliphatic rings. The largest absolute Gasteiger partial charge is 0.432 e. The van der Waals surface area contributed by atoms with Crippen molar-refractivity contribution in [1.82, 2.24) is 0 Å². The molecule has 0 spiro atoms. The van der Waals surface area contributed by atoms with Crippen LogP contribution in [0.2, 0.25) is 0 Å². The van der Waals surface area contributed by atoms with Gasteiger partial charge in [0.1, 0.15) is 91.6 Å². The third-order valence-electron chi connectivity index (χ3n) is 21.4. The van der Waals surface area contributed by atoms with E-state index in [2.05, 4.69) is 54.5 Å². The van der Waals surface area contributed by atoms with Gasteiger partial charge in [0, 0.05) is 0 Å². The van der Waals surface area contributed by atoms with Crippen LogP contribution < -0.4 is 0 Å².